The summed E-state index contributed by atoms with van der Waals surface area (Å²) in [5, 5.41) is 20.0. The quantitative estimate of drug-likeness (QED) is 0.561. The van der Waals surface area contributed by atoms with Crippen molar-refractivity contribution in [2.75, 3.05) is 13.2 Å². The van der Waals surface area contributed by atoms with E-state index in [0.29, 0.717) is 11.5 Å². The Kier molecular flexibility index (Phi) is 4.97. The zero-order chi connectivity index (χ0) is 16.4. The topological polar surface area (TPSA) is 53.3 Å². The first-order valence-corrected chi connectivity index (χ1v) is 7.87. The smallest absolute Gasteiger partial charge is 0.394 e. The van der Waals surface area contributed by atoms with Gasteiger partial charge >= 0.3 is 6.18 Å². The number of halogens is 3. The van der Waals surface area contributed by atoms with E-state index in [1.807, 2.05) is 0 Å². The molecule has 122 valence electrons. The second-order valence-corrected chi connectivity index (χ2v) is 6.34. The highest BCUT2D eigenvalue weighted by Gasteiger charge is 2.63. The van der Waals surface area contributed by atoms with Crippen molar-refractivity contribution in [2.24, 2.45) is 5.41 Å². The van der Waals surface area contributed by atoms with Crippen LogP contribution < -0.4 is 0 Å². The minimum absolute atomic E-state index is 0.0613. The molecule has 0 bridgehead atoms. The van der Waals surface area contributed by atoms with Crippen LogP contribution in [0.1, 0.15) is 31.1 Å². The van der Waals surface area contributed by atoms with Crippen molar-refractivity contribution >= 4 is 17.0 Å². The number of aliphatic hydroxyl groups excluding tert-OH is 1. The highest BCUT2D eigenvalue weighted by Crippen LogP contribution is 2.61. The molecule has 0 saturated heterocycles. The SMILES string of the molecule is CCOC/C(CC1(C(F)(F)F)CC1)=C(\O)C(=N)c1cccs1. The number of alkyl halides is 3. The number of allylic oxidation sites excluding steroid dienone is 1. The summed E-state index contributed by atoms with van der Waals surface area (Å²) < 4.78 is 44.6. The highest BCUT2D eigenvalue weighted by atomic mass is 32.1. The number of ether oxygens (including phenoxy) is 1. The molecule has 0 spiro atoms. The van der Waals surface area contributed by atoms with Gasteiger partial charge in [-0.15, -0.1) is 11.3 Å². The summed E-state index contributed by atoms with van der Waals surface area (Å²) in [6.45, 7) is 1.98. The van der Waals surface area contributed by atoms with Gasteiger partial charge in [-0.1, -0.05) is 6.07 Å². The molecule has 2 rings (SSSR count). The Labute approximate surface area is 130 Å². The average molecular weight is 333 g/mol. The third-order valence-corrected chi connectivity index (χ3v) is 4.71. The van der Waals surface area contributed by atoms with Crippen molar-refractivity contribution in [1.82, 2.24) is 0 Å². The molecule has 0 aliphatic heterocycles. The van der Waals surface area contributed by atoms with E-state index in [9.17, 15) is 18.3 Å². The molecule has 0 radical (unpaired) electrons. The van der Waals surface area contributed by atoms with E-state index in [-0.39, 0.29) is 37.2 Å². The lowest BCUT2D eigenvalue weighted by Gasteiger charge is -2.21. The molecule has 7 heteroatoms. The van der Waals surface area contributed by atoms with Crippen LogP contribution in [0.5, 0.6) is 0 Å². The summed E-state index contributed by atoms with van der Waals surface area (Å²) in [6, 6.07) is 3.38. The number of nitrogens with one attached hydrogen (secondary N) is 1. The van der Waals surface area contributed by atoms with Crippen LogP contribution in [-0.2, 0) is 4.74 Å². The Morgan fingerprint density at radius 3 is 2.59 bits per heavy atom. The van der Waals surface area contributed by atoms with Crippen molar-refractivity contribution in [3.8, 4) is 0 Å². The zero-order valence-electron chi connectivity index (χ0n) is 12.2. The molecule has 1 aliphatic rings. The summed E-state index contributed by atoms with van der Waals surface area (Å²) in [7, 11) is 0. The molecule has 1 aromatic rings. The normalized spacial score (nSPS) is 18.0. The van der Waals surface area contributed by atoms with Crippen LogP contribution in [0, 0.1) is 10.8 Å². The lowest BCUT2D eigenvalue weighted by Crippen LogP contribution is -2.26. The molecule has 3 nitrogen and oxygen atoms in total. The van der Waals surface area contributed by atoms with Crippen molar-refractivity contribution in [3.63, 3.8) is 0 Å². The summed E-state index contributed by atoms with van der Waals surface area (Å²) in [4.78, 5) is 0.517. The Hall–Kier alpha value is -1.34. The molecule has 1 saturated carbocycles. The van der Waals surface area contributed by atoms with Gasteiger partial charge in [-0.25, -0.2) is 0 Å². The first kappa shape index (κ1) is 17.0. The largest absolute Gasteiger partial charge is 0.506 e. The molecule has 0 amide bonds. The molecule has 22 heavy (non-hydrogen) atoms. The van der Waals surface area contributed by atoms with E-state index in [0.717, 1.165) is 0 Å². The number of thiophene rings is 1. The standard InChI is InChI=1S/C15H18F3NO2S/c1-2-21-9-10(8-14(5-6-14)15(16,17)18)13(20)12(19)11-4-3-7-22-11/h3-4,7,19-20H,2,5-6,8-9H2,1H3/b13-10-,19-12?. The van der Waals surface area contributed by atoms with Crippen LogP contribution in [0.3, 0.4) is 0 Å². The first-order valence-electron chi connectivity index (χ1n) is 6.99. The van der Waals surface area contributed by atoms with Gasteiger partial charge in [0.2, 0.25) is 0 Å². The molecular weight excluding hydrogens is 315 g/mol. The van der Waals surface area contributed by atoms with Gasteiger partial charge in [0.05, 0.1) is 16.9 Å². The van der Waals surface area contributed by atoms with Crippen LogP contribution in [0.2, 0.25) is 0 Å². The van der Waals surface area contributed by atoms with E-state index < -0.39 is 17.4 Å². The zero-order valence-corrected chi connectivity index (χ0v) is 13.0. The summed E-state index contributed by atoms with van der Waals surface area (Å²) in [6.07, 6.45) is -4.48. The summed E-state index contributed by atoms with van der Waals surface area (Å²) in [5.41, 5.74) is -1.76. The molecule has 2 N–H and O–H groups in total. The first-order chi connectivity index (χ1) is 10.3. The van der Waals surface area contributed by atoms with E-state index >= 15 is 0 Å². The van der Waals surface area contributed by atoms with Crippen LogP contribution in [0.4, 0.5) is 13.2 Å². The fourth-order valence-corrected chi connectivity index (χ4v) is 2.94. The molecule has 1 aliphatic carbocycles. The fraction of sp³-hybridized carbons (Fsp3) is 0.533. The Morgan fingerprint density at radius 2 is 2.14 bits per heavy atom. The minimum Gasteiger partial charge on any atom is -0.506 e. The van der Waals surface area contributed by atoms with E-state index in [1.54, 1.807) is 24.4 Å². The van der Waals surface area contributed by atoms with Gasteiger partial charge in [-0.2, -0.15) is 13.2 Å². The number of hydrogen-bond acceptors (Lipinski definition) is 4. The number of hydrogen-bond donors (Lipinski definition) is 2. The minimum atomic E-state index is -4.30. The van der Waals surface area contributed by atoms with E-state index in [2.05, 4.69) is 0 Å². The van der Waals surface area contributed by atoms with Crippen molar-refractivity contribution in [1.29, 1.82) is 5.41 Å². The third-order valence-electron chi connectivity index (χ3n) is 3.83. The maximum absolute atomic E-state index is 13.1. The van der Waals surface area contributed by atoms with Gasteiger partial charge < -0.3 is 9.84 Å². The van der Waals surface area contributed by atoms with Crippen LogP contribution in [0.15, 0.2) is 28.8 Å². The Bertz CT molecular complexity index is 560. The molecule has 1 heterocycles. The molecule has 1 aromatic heterocycles. The molecule has 0 aromatic carbocycles. The fourth-order valence-electron chi connectivity index (χ4n) is 2.26. The highest BCUT2D eigenvalue weighted by molar-refractivity contribution is 7.12. The van der Waals surface area contributed by atoms with Gasteiger partial charge in [0.1, 0.15) is 11.5 Å². The van der Waals surface area contributed by atoms with Gasteiger partial charge in [0.15, 0.2) is 0 Å². The van der Waals surface area contributed by atoms with Crippen LogP contribution in [-0.4, -0.2) is 30.2 Å². The Morgan fingerprint density at radius 1 is 1.45 bits per heavy atom. The predicted molar refractivity (Wildman–Crippen MR) is 79.6 cm³/mol. The summed E-state index contributed by atoms with van der Waals surface area (Å²) in [5.74, 6) is -0.397. The van der Waals surface area contributed by atoms with Gasteiger partial charge in [-0.3, -0.25) is 5.41 Å². The van der Waals surface area contributed by atoms with Gasteiger partial charge in [-0.05, 0) is 37.6 Å². The van der Waals surface area contributed by atoms with Crippen molar-refractivity contribution < 1.29 is 23.0 Å². The maximum Gasteiger partial charge on any atom is 0.394 e. The maximum atomic E-state index is 13.1. The average Bonchev–Trinajstić information content (AvgIpc) is 3.06. The van der Waals surface area contributed by atoms with Gasteiger partial charge in [0, 0.05) is 12.2 Å². The molecule has 1 fully saturated rings. The van der Waals surface area contributed by atoms with Crippen LogP contribution in [0.25, 0.3) is 0 Å². The molecule has 0 atom stereocenters. The number of rotatable bonds is 7. The molecular formula is C15H18F3NO2S. The lowest BCUT2D eigenvalue weighted by atomic mass is 9.94. The third kappa shape index (κ3) is 3.52. The predicted octanol–water partition coefficient (Wildman–Crippen LogP) is 4.70. The van der Waals surface area contributed by atoms with Crippen molar-refractivity contribution in [3.05, 3.63) is 33.7 Å². The van der Waals surface area contributed by atoms with E-state index in [1.165, 1.54) is 11.3 Å². The summed E-state index contributed by atoms with van der Waals surface area (Å²) >= 11 is 1.26. The van der Waals surface area contributed by atoms with Crippen LogP contribution >= 0.6 is 11.3 Å². The van der Waals surface area contributed by atoms with Crippen molar-refractivity contribution in [2.45, 2.75) is 32.4 Å². The Balaban J connectivity index is 2.25. The van der Waals surface area contributed by atoms with E-state index in [4.69, 9.17) is 10.1 Å². The second-order valence-electron chi connectivity index (χ2n) is 5.40. The lowest BCUT2D eigenvalue weighted by molar-refractivity contribution is -0.187. The monoisotopic (exact) mass is 333 g/mol. The second kappa shape index (κ2) is 6.42. The van der Waals surface area contributed by atoms with Gasteiger partial charge in [0.25, 0.3) is 0 Å². The molecule has 0 unspecified atom stereocenters. The number of aliphatic hydroxyl groups is 1.